The number of aliphatic hydroxyl groups is 1. The van der Waals surface area contributed by atoms with Crippen LogP contribution in [0.2, 0.25) is 0 Å². The molecular formula is C14H20N2O4. The molecule has 0 unspecified atom stereocenters. The minimum Gasteiger partial charge on any atom is -0.388 e. The van der Waals surface area contributed by atoms with Gasteiger partial charge < -0.3 is 9.84 Å². The summed E-state index contributed by atoms with van der Waals surface area (Å²) in [7, 11) is 1.87. The normalized spacial score (nSPS) is 18.1. The summed E-state index contributed by atoms with van der Waals surface area (Å²) < 4.78 is 5.25. The molecule has 0 atom stereocenters. The minimum atomic E-state index is -0.753. The molecular weight excluding hydrogens is 260 g/mol. The van der Waals surface area contributed by atoms with Crippen LogP contribution < -0.4 is 0 Å². The van der Waals surface area contributed by atoms with Crippen molar-refractivity contribution in [2.75, 3.05) is 26.8 Å². The van der Waals surface area contributed by atoms with Gasteiger partial charge in [-0.25, -0.2) is 0 Å². The smallest absolute Gasteiger partial charge is 0.273 e. The molecule has 6 nitrogen and oxygen atoms in total. The summed E-state index contributed by atoms with van der Waals surface area (Å²) in [5.41, 5.74) is 0.0327. The Morgan fingerprint density at radius 1 is 1.40 bits per heavy atom. The Kier molecular flexibility index (Phi) is 4.69. The molecule has 6 heteroatoms. The molecule has 110 valence electrons. The van der Waals surface area contributed by atoms with E-state index in [1.165, 1.54) is 6.07 Å². The van der Waals surface area contributed by atoms with Crippen molar-refractivity contribution < 1.29 is 14.8 Å². The SMILES string of the molecule is CN(Cc1ccccc1[N+](=O)[O-])CC1(O)CCOCC1. The Labute approximate surface area is 118 Å². The highest BCUT2D eigenvalue weighted by atomic mass is 16.6. The van der Waals surface area contributed by atoms with Crippen molar-refractivity contribution in [3.63, 3.8) is 0 Å². The van der Waals surface area contributed by atoms with Gasteiger partial charge >= 0.3 is 0 Å². The van der Waals surface area contributed by atoms with Crippen LogP contribution in [0, 0.1) is 10.1 Å². The lowest BCUT2D eigenvalue weighted by Gasteiger charge is -2.35. The van der Waals surface area contributed by atoms with Crippen LogP contribution in [-0.2, 0) is 11.3 Å². The van der Waals surface area contributed by atoms with E-state index in [1.54, 1.807) is 18.2 Å². The van der Waals surface area contributed by atoms with E-state index < -0.39 is 5.60 Å². The molecule has 1 N–H and O–H groups in total. The number of ether oxygens (including phenoxy) is 1. The minimum absolute atomic E-state index is 0.123. The van der Waals surface area contributed by atoms with Crippen LogP contribution in [0.4, 0.5) is 5.69 Å². The van der Waals surface area contributed by atoms with Crippen LogP contribution in [-0.4, -0.2) is 47.3 Å². The summed E-state index contributed by atoms with van der Waals surface area (Å²) in [6, 6.07) is 6.71. The molecule has 1 aromatic rings. The van der Waals surface area contributed by atoms with Gasteiger partial charge in [-0.1, -0.05) is 18.2 Å². The largest absolute Gasteiger partial charge is 0.388 e. The molecule has 1 heterocycles. The Bertz CT molecular complexity index is 472. The van der Waals surface area contributed by atoms with Gasteiger partial charge in [-0.3, -0.25) is 15.0 Å². The lowest BCUT2D eigenvalue weighted by atomic mass is 9.94. The zero-order chi connectivity index (χ0) is 14.6. The average Bonchev–Trinajstić information content (AvgIpc) is 2.39. The zero-order valence-electron chi connectivity index (χ0n) is 11.6. The van der Waals surface area contributed by atoms with Gasteiger partial charge in [0.2, 0.25) is 0 Å². The molecule has 1 aliphatic rings. The Balaban J connectivity index is 2.01. The van der Waals surface area contributed by atoms with E-state index in [4.69, 9.17) is 4.74 Å². The highest BCUT2D eigenvalue weighted by molar-refractivity contribution is 5.39. The molecule has 0 spiro atoms. The van der Waals surface area contributed by atoms with Gasteiger partial charge in [0.05, 0.1) is 10.5 Å². The molecule has 0 bridgehead atoms. The summed E-state index contributed by atoms with van der Waals surface area (Å²) >= 11 is 0. The summed E-state index contributed by atoms with van der Waals surface area (Å²) in [5, 5.41) is 21.4. The van der Waals surface area contributed by atoms with Crippen LogP contribution >= 0.6 is 0 Å². The molecule has 1 aromatic carbocycles. The van der Waals surface area contributed by atoms with E-state index in [0.717, 1.165) is 0 Å². The van der Waals surface area contributed by atoms with Gasteiger partial charge in [0, 0.05) is 50.8 Å². The highest BCUT2D eigenvalue weighted by Gasteiger charge is 2.31. The average molecular weight is 280 g/mol. The van der Waals surface area contributed by atoms with Crippen LogP contribution in [0.5, 0.6) is 0 Å². The molecule has 20 heavy (non-hydrogen) atoms. The first-order valence-electron chi connectivity index (χ1n) is 6.71. The summed E-state index contributed by atoms with van der Waals surface area (Å²) in [6.07, 6.45) is 1.21. The van der Waals surface area contributed by atoms with Crippen LogP contribution in [0.1, 0.15) is 18.4 Å². The number of hydrogen-bond donors (Lipinski definition) is 1. The summed E-state index contributed by atoms with van der Waals surface area (Å²) in [5.74, 6) is 0. The van der Waals surface area contributed by atoms with Crippen LogP contribution in [0.15, 0.2) is 24.3 Å². The second kappa shape index (κ2) is 6.30. The molecule has 1 saturated heterocycles. The predicted octanol–water partition coefficient (Wildman–Crippen LogP) is 1.57. The number of nitro groups is 1. The number of hydrogen-bond acceptors (Lipinski definition) is 5. The fraction of sp³-hybridized carbons (Fsp3) is 0.571. The van der Waals surface area contributed by atoms with Gasteiger partial charge in [-0.15, -0.1) is 0 Å². The number of nitrogens with zero attached hydrogens (tertiary/aromatic N) is 2. The van der Waals surface area contributed by atoms with Crippen molar-refractivity contribution in [1.29, 1.82) is 0 Å². The molecule has 0 aliphatic carbocycles. The first-order chi connectivity index (χ1) is 9.50. The second-order valence-corrected chi connectivity index (χ2v) is 5.39. The van der Waals surface area contributed by atoms with E-state index in [0.29, 0.717) is 44.7 Å². The quantitative estimate of drug-likeness (QED) is 0.654. The van der Waals surface area contributed by atoms with Crippen LogP contribution in [0.25, 0.3) is 0 Å². The van der Waals surface area contributed by atoms with Gasteiger partial charge in [-0.05, 0) is 7.05 Å². The van der Waals surface area contributed by atoms with Crippen molar-refractivity contribution in [1.82, 2.24) is 4.90 Å². The standard InChI is InChI=1S/C14H20N2O4/c1-15(11-14(17)6-8-20-9-7-14)10-12-4-2-3-5-13(12)16(18)19/h2-5,17H,6-11H2,1H3. The molecule has 2 rings (SSSR count). The van der Waals surface area contributed by atoms with E-state index in [9.17, 15) is 15.2 Å². The van der Waals surface area contributed by atoms with E-state index in [2.05, 4.69) is 0 Å². The second-order valence-electron chi connectivity index (χ2n) is 5.39. The zero-order valence-corrected chi connectivity index (χ0v) is 11.6. The Hall–Kier alpha value is -1.50. The topological polar surface area (TPSA) is 75.8 Å². The van der Waals surface area contributed by atoms with E-state index >= 15 is 0 Å². The van der Waals surface area contributed by atoms with Crippen molar-refractivity contribution in [2.45, 2.75) is 25.0 Å². The monoisotopic (exact) mass is 280 g/mol. The third-order valence-electron chi connectivity index (χ3n) is 3.62. The van der Waals surface area contributed by atoms with Gasteiger partial charge in [0.15, 0.2) is 0 Å². The molecule has 0 amide bonds. The van der Waals surface area contributed by atoms with Gasteiger partial charge in [0.25, 0.3) is 5.69 Å². The maximum absolute atomic E-state index is 11.0. The lowest BCUT2D eigenvalue weighted by molar-refractivity contribution is -0.385. The van der Waals surface area contributed by atoms with Crippen molar-refractivity contribution in [3.05, 3.63) is 39.9 Å². The van der Waals surface area contributed by atoms with E-state index in [1.807, 2.05) is 11.9 Å². The number of benzene rings is 1. The number of para-hydroxylation sites is 1. The molecule has 1 aliphatic heterocycles. The Morgan fingerprint density at radius 3 is 2.70 bits per heavy atom. The summed E-state index contributed by atoms with van der Waals surface area (Å²) in [4.78, 5) is 12.5. The van der Waals surface area contributed by atoms with Crippen molar-refractivity contribution >= 4 is 5.69 Å². The first-order valence-corrected chi connectivity index (χ1v) is 6.71. The third-order valence-corrected chi connectivity index (χ3v) is 3.62. The Morgan fingerprint density at radius 2 is 2.05 bits per heavy atom. The van der Waals surface area contributed by atoms with Gasteiger partial charge in [-0.2, -0.15) is 0 Å². The lowest BCUT2D eigenvalue weighted by Crippen LogP contribution is -2.45. The number of nitro benzene ring substituents is 1. The predicted molar refractivity (Wildman–Crippen MR) is 74.4 cm³/mol. The third kappa shape index (κ3) is 3.75. The van der Waals surface area contributed by atoms with Gasteiger partial charge in [0.1, 0.15) is 0 Å². The van der Waals surface area contributed by atoms with E-state index in [-0.39, 0.29) is 10.6 Å². The number of rotatable bonds is 5. The fourth-order valence-electron chi connectivity index (χ4n) is 2.58. The van der Waals surface area contributed by atoms with Crippen molar-refractivity contribution in [3.8, 4) is 0 Å². The number of likely N-dealkylation sites (N-methyl/N-ethyl adjacent to an activating group) is 1. The van der Waals surface area contributed by atoms with Crippen molar-refractivity contribution in [2.24, 2.45) is 0 Å². The first kappa shape index (κ1) is 14.9. The molecule has 0 radical (unpaired) electrons. The van der Waals surface area contributed by atoms with Crippen LogP contribution in [0.3, 0.4) is 0 Å². The fourth-order valence-corrected chi connectivity index (χ4v) is 2.58. The molecule has 0 saturated carbocycles. The molecule has 0 aromatic heterocycles. The maximum Gasteiger partial charge on any atom is 0.273 e. The maximum atomic E-state index is 11.0. The molecule has 1 fully saturated rings. The summed E-state index contributed by atoms with van der Waals surface area (Å²) in [6.45, 7) is 2.06. The highest BCUT2D eigenvalue weighted by Crippen LogP contribution is 2.24.